The van der Waals surface area contributed by atoms with Gasteiger partial charge in [-0.05, 0) is 102 Å². The lowest BCUT2D eigenvalue weighted by atomic mass is 10.1. The second-order valence-electron chi connectivity index (χ2n) is 14.4. The first kappa shape index (κ1) is 59.3. The van der Waals surface area contributed by atoms with E-state index in [2.05, 4.69) is 73.2 Å². The van der Waals surface area contributed by atoms with Crippen LogP contribution in [0.3, 0.4) is 0 Å². The highest BCUT2D eigenvalue weighted by Crippen LogP contribution is 2.50. The molecule has 408 valence electrons. The largest absolute Gasteiger partial charge is 0.505 e. The molecule has 6 rings (SSSR count). The molecule has 0 spiro atoms. The number of nitrogens with zero attached hydrogens (tertiary/aromatic N) is 7. The number of anilines is 5. The Bertz CT molecular complexity index is 3830. The van der Waals surface area contributed by atoms with E-state index in [1.807, 2.05) is 0 Å². The minimum Gasteiger partial charge on any atom is -0.505 e. The summed E-state index contributed by atoms with van der Waals surface area (Å²) in [7, 11) is -23.3. The third kappa shape index (κ3) is 16.1. The Morgan fingerprint density at radius 1 is 0.632 bits per heavy atom. The maximum Gasteiger partial charge on any atom is 0.397 e. The molecular formula is C36H33ClN10O22S7. The second-order valence-corrected chi connectivity index (χ2v) is 24.0. The molecule has 0 aliphatic carbocycles. The monoisotopic (exact) mass is 1220 g/mol. The highest BCUT2D eigenvalue weighted by atomic mass is 35.5. The summed E-state index contributed by atoms with van der Waals surface area (Å²) >= 11 is 6.81. The maximum atomic E-state index is 12.8. The number of hydrogen-bond donors (Lipinski definition) is 9. The number of sulfone groups is 2. The molecule has 0 aliphatic rings. The number of nitrogens with one attached hydrogen (secondary N) is 2. The summed E-state index contributed by atoms with van der Waals surface area (Å²) in [6.07, 6.45) is 0. The van der Waals surface area contributed by atoms with Crippen LogP contribution in [-0.4, -0.2) is 111 Å². The third-order valence-electron chi connectivity index (χ3n) is 9.40. The highest BCUT2D eigenvalue weighted by Gasteiger charge is 2.27. The SMILES string of the molecule is Cc1cc(S(=O)(=O)CCOS(=O)(=O)O)ccc1N=Nc1c(SOOO)cc2cc(S(=O)(=O)O)c(N=Nc3cc(Nc4nc(Cl)nc(Nc5ccc(S(=O)(=O)CCOS(=O)(=O)O)cc5)n4)ccc3SOOO)c(O)c2c1N. The van der Waals surface area contributed by atoms with E-state index >= 15 is 0 Å². The zero-order chi connectivity index (χ0) is 55.8. The van der Waals surface area contributed by atoms with Gasteiger partial charge in [-0.1, -0.05) is 10.1 Å². The summed E-state index contributed by atoms with van der Waals surface area (Å²) in [5, 5.41) is 57.8. The predicted molar refractivity (Wildman–Crippen MR) is 264 cm³/mol. The molecule has 32 nitrogen and oxygen atoms in total. The van der Waals surface area contributed by atoms with Crippen LogP contribution in [0.4, 0.5) is 51.7 Å². The second kappa shape index (κ2) is 24.6. The molecule has 0 fully saturated rings. The number of aromatic hydroxyl groups is 1. The number of benzene rings is 5. The van der Waals surface area contributed by atoms with E-state index in [1.54, 1.807) is 0 Å². The van der Waals surface area contributed by atoms with Gasteiger partial charge in [0, 0.05) is 11.4 Å². The van der Waals surface area contributed by atoms with Crippen LogP contribution < -0.4 is 16.4 Å². The summed E-state index contributed by atoms with van der Waals surface area (Å²) in [4.78, 5) is 10.5. The Labute approximate surface area is 441 Å². The molecule has 0 saturated carbocycles. The zero-order valence-corrected chi connectivity index (χ0v) is 43.9. The average Bonchev–Trinajstić information content (AvgIpc) is 3.31. The highest BCUT2D eigenvalue weighted by molar-refractivity contribution is 7.95. The fourth-order valence-electron chi connectivity index (χ4n) is 6.16. The number of halogens is 1. The molecule has 0 atom stereocenters. The van der Waals surface area contributed by atoms with Gasteiger partial charge in [-0.3, -0.25) is 13.7 Å². The summed E-state index contributed by atoms with van der Waals surface area (Å²) in [6.45, 7) is -0.295. The van der Waals surface area contributed by atoms with E-state index in [0.29, 0.717) is 12.0 Å². The van der Waals surface area contributed by atoms with Crippen LogP contribution in [0.1, 0.15) is 5.56 Å². The minimum absolute atomic E-state index is 0.00607. The number of nitrogens with two attached hydrogens (primary N) is 1. The Balaban J connectivity index is 1.33. The lowest BCUT2D eigenvalue weighted by Crippen LogP contribution is -2.15. The molecule has 76 heavy (non-hydrogen) atoms. The van der Waals surface area contributed by atoms with Gasteiger partial charge in [0.05, 0.1) is 85.1 Å². The quantitative estimate of drug-likeness (QED) is 0.00704. The van der Waals surface area contributed by atoms with Crippen molar-refractivity contribution in [3.05, 3.63) is 83.6 Å². The minimum atomic E-state index is -5.28. The predicted octanol–water partition coefficient (Wildman–Crippen LogP) is 6.88. The zero-order valence-electron chi connectivity index (χ0n) is 37.4. The molecular weight excluding hydrogens is 1180 g/mol. The number of nitrogen functional groups attached to an aromatic ring is 1. The van der Waals surface area contributed by atoms with Crippen LogP contribution >= 0.6 is 35.7 Å². The molecule has 0 bridgehead atoms. The maximum absolute atomic E-state index is 12.8. The van der Waals surface area contributed by atoms with Gasteiger partial charge >= 0.3 is 20.8 Å². The number of fused-ring (bicyclic) bond motifs is 1. The summed E-state index contributed by atoms with van der Waals surface area (Å²) in [6, 6.07) is 14.4. The third-order valence-corrected chi connectivity index (χ3v) is 16.0. The number of hydrogen-bond acceptors (Lipinski definition) is 31. The van der Waals surface area contributed by atoms with Gasteiger partial charge in [0.15, 0.2) is 25.4 Å². The first-order valence-corrected chi connectivity index (χ1v) is 29.1. The van der Waals surface area contributed by atoms with Gasteiger partial charge < -0.3 is 21.5 Å². The molecule has 40 heteroatoms. The van der Waals surface area contributed by atoms with Crippen molar-refractivity contribution in [1.29, 1.82) is 0 Å². The van der Waals surface area contributed by atoms with Gasteiger partial charge in [-0.2, -0.15) is 45.3 Å². The van der Waals surface area contributed by atoms with Gasteiger partial charge in [0.25, 0.3) is 10.1 Å². The molecule has 0 unspecified atom stereocenters. The van der Waals surface area contributed by atoms with Crippen molar-refractivity contribution in [3.8, 4) is 5.75 Å². The van der Waals surface area contributed by atoms with Crippen molar-refractivity contribution in [2.24, 2.45) is 20.5 Å². The number of rotatable bonds is 25. The topological polar surface area (TPSA) is 486 Å². The fourth-order valence-corrected chi connectivity index (χ4v) is 11.0. The summed E-state index contributed by atoms with van der Waals surface area (Å²) < 4.78 is 165. The summed E-state index contributed by atoms with van der Waals surface area (Å²) in [5.74, 6) is -3.00. The smallest absolute Gasteiger partial charge is 0.397 e. The van der Waals surface area contributed by atoms with E-state index in [1.165, 1.54) is 61.5 Å². The number of aryl methyl sites for hydroxylation is 1. The Hall–Kier alpha value is -5.93. The van der Waals surface area contributed by atoms with Crippen LogP contribution in [0, 0.1) is 6.92 Å². The van der Waals surface area contributed by atoms with Crippen molar-refractivity contribution in [3.63, 3.8) is 0 Å². The fraction of sp³-hybridized carbons (Fsp3) is 0.139. The van der Waals surface area contributed by atoms with Gasteiger partial charge in [-0.25, -0.2) is 35.7 Å². The molecule has 6 aromatic rings. The number of azo groups is 2. The molecule has 0 amide bonds. The molecule has 0 saturated heterocycles. The van der Waals surface area contributed by atoms with E-state index in [0.717, 1.165) is 18.2 Å². The van der Waals surface area contributed by atoms with Gasteiger partial charge in [0.1, 0.15) is 22.0 Å². The van der Waals surface area contributed by atoms with Crippen LogP contribution in [0.2, 0.25) is 5.28 Å². The molecule has 0 radical (unpaired) electrons. The van der Waals surface area contributed by atoms with Gasteiger partial charge in [0.2, 0.25) is 17.2 Å². The Morgan fingerprint density at radius 2 is 1.16 bits per heavy atom. The molecule has 1 aromatic heterocycles. The van der Waals surface area contributed by atoms with Crippen molar-refractivity contribution in [2.75, 3.05) is 41.1 Å². The summed E-state index contributed by atoms with van der Waals surface area (Å²) in [5.41, 5.74) is 5.19. The van der Waals surface area contributed by atoms with Crippen LogP contribution in [0.25, 0.3) is 10.8 Å². The van der Waals surface area contributed by atoms with E-state index in [-0.39, 0.29) is 93.6 Å². The van der Waals surface area contributed by atoms with E-state index < -0.39 is 97.3 Å². The number of aromatic nitrogens is 3. The normalized spacial score (nSPS) is 12.8. The molecule has 10 N–H and O–H groups in total. The van der Waals surface area contributed by atoms with Crippen LogP contribution in [0.15, 0.2) is 118 Å². The van der Waals surface area contributed by atoms with E-state index in [9.17, 15) is 51.7 Å². The van der Waals surface area contributed by atoms with Crippen molar-refractivity contribution >= 4 is 149 Å². The molecule has 5 aromatic carbocycles. The first-order chi connectivity index (χ1) is 35.6. The van der Waals surface area contributed by atoms with Crippen molar-refractivity contribution in [2.45, 2.75) is 31.4 Å². The first-order valence-electron chi connectivity index (χ1n) is 19.8. The Morgan fingerprint density at radius 3 is 1.72 bits per heavy atom. The Kier molecular flexibility index (Phi) is 19.2. The van der Waals surface area contributed by atoms with Crippen LogP contribution in [0.5, 0.6) is 5.75 Å². The van der Waals surface area contributed by atoms with E-state index in [4.69, 9.17) is 37.0 Å². The van der Waals surface area contributed by atoms with Gasteiger partial charge in [-0.15, -0.1) is 24.0 Å². The molecule has 1 heterocycles. The molecule has 0 aliphatic heterocycles. The van der Waals surface area contributed by atoms with Crippen molar-refractivity contribution < 1.29 is 98.5 Å². The number of phenolic OH excluding ortho intramolecular Hbond substituents is 1. The standard InChI is InChI=1S/C36H33ClN10O22S7/c1-18-14-23(73(53,54)13-11-65-76(61,62)63)7-8-24(18)44-46-31-27(71-69-67-50)15-19-16-28(74(55,56)57)32(33(48)29(19)30(31)38)47-45-25-17-21(4-9-26(25)70-68-66-49)40-36-42-34(37)41-35(43-36)39-20-2-5-22(6-3-20)72(51,52)12-10-64-75(58,59)60/h2-9,14-17,48-50H,10-13,38H2,1H3,(H,55,56,57)(H,58,59,60)(H,61,62,63)(H2,39,40,41,42,43). The average molecular weight is 1220 g/mol. The lowest BCUT2D eigenvalue weighted by molar-refractivity contribution is -0.432. The lowest BCUT2D eigenvalue weighted by Gasteiger charge is -2.14. The van der Waals surface area contributed by atoms with Crippen molar-refractivity contribution in [1.82, 2.24) is 15.0 Å². The van der Waals surface area contributed by atoms with Crippen LogP contribution in [-0.2, 0) is 77.7 Å². The number of phenols is 1.